The van der Waals surface area contributed by atoms with Gasteiger partial charge in [-0.15, -0.1) is 0 Å². The number of rotatable bonds is 5. The van der Waals surface area contributed by atoms with Crippen molar-refractivity contribution in [3.8, 4) is 0 Å². The predicted molar refractivity (Wildman–Crippen MR) is 96.4 cm³/mol. The zero-order valence-corrected chi connectivity index (χ0v) is 15.7. The Kier molecular flexibility index (Phi) is 7.81. The maximum atomic E-state index is 12.4. The number of urea groups is 1. The van der Waals surface area contributed by atoms with E-state index in [9.17, 15) is 13.2 Å². The molecule has 0 atom stereocenters. The molecule has 6 nitrogen and oxygen atoms in total. The van der Waals surface area contributed by atoms with E-state index in [0.29, 0.717) is 38.4 Å². The Hall–Kier alpha value is -0.820. The predicted octanol–water partition coefficient (Wildman–Crippen LogP) is 2.60. The van der Waals surface area contributed by atoms with Gasteiger partial charge in [0.25, 0.3) is 0 Å². The molecule has 2 aliphatic rings. The van der Waals surface area contributed by atoms with E-state index in [1.54, 1.807) is 0 Å². The van der Waals surface area contributed by atoms with Crippen LogP contribution in [0.2, 0.25) is 0 Å². The molecule has 0 aromatic heterocycles. The Morgan fingerprint density at radius 1 is 0.958 bits per heavy atom. The fourth-order valence-electron chi connectivity index (χ4n) is 3.65. The van der Waals surface area contributed by atoms with Gasteiger partial charge in [0, 0.05) is 25.2 Å². The van der Waals surface area contributed by atoms with Gasteiger partial charge in [-0.25, -0.2) is 17.9 Å². The van der Waals surface area contributed by atoms with E-state index in [2.05, 4.69) is 10.0 Å². The highest BCUT2D eigenvalue weighted by Gasteiger charge is 2.26. The summed E-state index contributed by atoms with van der Waals surface area (Å²) in [5.74, 6) is 0.176. The normalized spacial score (nSPS) is 22.0. The van der Waals surface area contributed by atoms with Gasteiger partial charge < -0.3 is 10.2 Å². The van der Waals surface area contributed by atoms with Crippen molar-refractivity contribution < 1.29 is 13.2 Å². The van der Waals surface area contributed by atoms with Crippen molar-refractivity contribution in [2.75, 3.05) is 18.8 Å². The molecule has 2 rings (SSSR count). The molecule has 7 heteroatoms. The van der Waals surface area contributed by atoms with E-state index in [1.807, 2.05) is 11.8 Å². The van der Waals surface area contributed by atoms with Gasteiger partial charge in [-0.05, 0) is 32.1 Å². The molecule has 2 N–H and O–H groups in total. The summed E-state index contributed by atoms with van der Waals surface area (Å²) in [4.78, 5) is 14.3. The summed E-state index contributed by atoms with van der Waals surface area (Å²) in [6.07, 6.45) is 10.4. The van der Waals surface area contributed by atoms with Gasteiger partial charge >= 0.3 is 6.03 Å². The zero-order chi connectivity index (χ0) is 17.4. The molecule has 0 unspecified atom stereocenters. The van der Waals surface area contributed by atoms with Gasteiger partial charge in [-0.2, -0.15) is 0 Å². The smallest absolute Gasteiger partial charge is 0.317 e. The first kappa shape index (κ1) is 19.5. The van der Waals surface area contributed by atoms with Crippen molar-refractivity contribution in [1.82, 2.24) is 14.9 Å². The Balaban J connectivity index is 1.73. The van der Waals surface area contributed by atoms with E-state index in [-0.39, 0.29) is 17.8 Å². The standard InChI is InChI=1S/C17H33N3O3S/c1-2-14-24(22,23)19-16-10-12-20(13-11-16)17(21)18-15-8-6-4-3-5-7-9-15/h15-16,19H,2-14H2,1H3,(H,18,21). The zero-order valence-electron chi connectivity index (χ0n) is 14.9. The third-order valence-electron chi connectivity index (χ3n) is 5.03. The molecule has 1 aliphatic carbocycles. The molecule has 2 amide bonds. The Labute approximate surface area is 146 Å². The molecule has 1 saturated carbocycles. The second-order valence-electron chi connectivity index (χ2n) is 7.19. The van der Waals surface area contributed by atoms with E-state index in [4.69, 9.17) is 0 Å². The van der Waals surface area contributed by atoms with Gasteiger partial charge in [0.15, 0.2) is 0 Å². The van der Waals surface area contributed by atoms with Crippen LogP contribution in [-0.2, 0) is 10.0 Å². The minimum atomic E-state index is -3.17. The average molecular weight is 360 g/mol. The highest BCUT2D eigenvalue weighted by Crippen LogP contribution is 2.18. The summed E-state index contributed by atoms with van der Waals surface area (Å²) in [5, 5.41) is 3.19. The summed E-state index contributed by atoms with van der Waals surface area (Å²) < 4.78 is 26.4. The molecule has 2 fully saturated rings. The first-order valence-electron chi connectivity index (χ1n) is 9.55. The van der Waals surface area contributed by atoms with Crippen molar-refractivity contribution >= 4 is 16.1 Å². The summed E-state index contributed by atoms with van der Waals surface area (Å²) in [6.45, 7) is 3.11. The maximum Gasteiger partial charge on any atom is 0.317 e. The summed E-state index contributed by atoms with van der Waals surface area (Å²) in [7, 11) is -3.17. The van der Waals surface area contributed by atoms with Crippen molar-refractivity contribution in [2.45, 2.75) is 83.2 Å². The van der Waals surface area contributed by atoms with Gasteiger partial charge in [-0.1, -0.05) is 39.0 Å². The number of carbonyl (C=O) groups is 1. The van der Waals surface area contributed by atoms with Crippen LogP contribution in [0.4, 0.5) is 4.79 Å². The molecule has 24 heavy (non-hydrogen) atoms. The van der Waals surface area contributed by atoms with Gasteiger partial charge in [0.1, 0.15) is 0 Å². The number of likely N-dealkylation sites (tertiary alicyclic amines) is 1. The lowest BCUT2D eigenvalue weighted by Gasteiger charge is -2.33. The van der Waals surface area contributed by atoms with E-state index >= 15 is 0 Å². The quantitative estimate of drug-likeness (QED) is 0.792. The van der Waals surface area contributed by atoms with Crippen LogP contribution in [0.25, 0.3) is 0 Å². The number of nitrogens with one attached hydrogen (secondary N) is 2. The van der Waals surface area contributed by atoms with Crippen LogP contribution < -0.4 is 10.0 Å². The SMILES string of the molecule is CCCS(=O)(=O)NC1CCN(C(=O)NC2CCCCCCC2)CC1. The van der Waals surface area contributed by atoms with Crippen LogP contribution >= 0.6 is 0 Å². The van der Waals surface area contributed by atoms with Crippen molar-refractivity contribution in [3.05, 3.63) is 0 Å². The summed E-state index contributed by atoms with van der Waals surface area (Å²) in [6, 6.07) is 0.293. The lowest BCUT2D eigenvalue weighted by Crippen LogP contribution is -2.51. The fourth-order valence-corrected chi connectivity index (χ4v) is 5.05. The van der Waals surface area contributed by atoms with Crippen molar-refractivity contribution in [1.29, 1.82) is 0 Å². The third kappa shape index (κ3) is 6.59. The second-order valence-corrected chi connectivity index (χ2v) is 9.06. The van der Waals surface area contributed by atoms with Crippen molar-refractivity contribution in [2.24, 2.45) is 0 Å². The number of nitrogens with zero attached hydrogens (tertiary/aromatic N) is 1. The maximum absolute atomic E-state index is 12.4. The largest absolute Gasteiger partial charge is 0.335 e. The summed E-state index contributed by atoms with van der Waals surface area (Å²) >= 11 is 0. The van der Waals surface area contributed by atoms with Crippen molar-refractivity contribution in [3.63, 3.8) is 0 Å². The molecular formula is C17H33N3O3S. The first-order chi connectivity index (χ1) is 11.5. The van der Waals surface area contributed by atoms with E-state index in [1.165, 1.54) is 32.1 Å². The van der Waals surface area contributed by atoms with Gasteiger partial charge in [-0.3, -0.25) is 0 Å². The van der Waals surface area contributed by atoms with Crippen LogP contribution in [0, 0.1) is 0 Å². The highest BCUT2D eigenvalue weighted by molar-refractivity contribution is 7.89. The number of carbonyl (C=O) groups excluding carboxylic acids is 1. The number of amides is 2. The number of hydrogen-bond donors (Lipinski definition) is 2. The van der Waals surface area contributed by atoms with Gasteiger partial charge in [0.2, 0.25) is 10.0 Å². The van der Waals surface area contributed by atoms with Crippen LogP contribution in [-0.4, -0.2) is 50.3 Å². The lowest BCUT2D eigenvalue weighted by molar-refractivity contribution is 0.174. The topological polar surface area (TPSA) is 78.5 Å². The van der Waals surface area contributed by atoms with E-state index in [0.717, 1.165) is 12.8 Å². The molecule has 0 bridgehead atoms. The molecule has 0 aromatic carbocycles. The monoisotopic (exact) mass is 359 g/mol. The molecule has 140 valence electrons. The Morgan fingerprint density at radius 3 is 2.12 bits per heavy atom. The van der Waals surface area contributed by atoms with Crippen LogP contribution in [0.1, 0.15) is 71.1 Å². The van der Waals surface area contributed by atoms with Crippen LogP contribution in [0.3, 0.4) is 0 Å². The molecule has 0 radical (unpaired) electrons. The minimum Gasteiger partial charge on any atom is -0.335 e. The van der Waals surface area contributed by atoms with E-state index < -0.39 is 10.0 Å². The molecule has 0 spiro atoms. The molecular weight excluding hydrogens is 326 g/mol. The minimum absolute atomic E-state index is 0.0236. The summed E-state index contributed by atoms with van der Waals surface area (Å²) in [5.41, 5.74) is 0. The fraction of sp³-hybridized carbons (Fsp3) is 0.941. The Bertz CT molecular complexity index is 479. The Morgan fingerprint density at radius 2 is 1.54 bits per heavy atom. The average Bonchev–Trinajstić information content (AvgIpc) is 2.50. The lowest BCUT2D eigenvalue weighted by atomic mass is 9.97. The molecule has 0 aromatic rings. The van der Waals surface area contributed by atoms with Crippen LogP contribution in [0.5, 0.6) is 0 Å². The molecule has 1 saturated heterocycles. The number of piperidine rings is 1. The molecule has 1 aliphatic heterocycles. The number of hydrogen-bond acceptors (Lipinski definition) is 3. The molecule has 1 heterocycles. The second kappa shape index (κ2) is 9.61. The highest BCUT2D eigenvalue weighted by atomic mass is 32.2. The first-order valence-corrected chi connectivity index (χ1v) is 11.2. The third-order valence-corrected chi connectivity index (χ3v) is 6.67. The number of sulfonamides is 1. The van der Waals surface area contributed by atoms with Gasteiger partial charge in [0.05, 0.1) is 5.75 Å². The van der Waals surface area contributed by atoms with Crippen LogP contribution in [0.15, 0.2) is 0 Å².